The summed E-state index contributed by atoms with van der Waals surface area (Å²) < 4.78 is 13.1. The third kappa shape index (κ3) is 4.10. The Morgan fingerprint density at radius 1 is 1.07 bits per heavy atom. The highest BCUT2D eigenvalue weighted by Crippen LogP contribution is 2.30. The normalized spacial score (nSPS) is 15.1. The van der Waals surface area contributed by atoms with Crippen LogP contribution >= 0.6 is 11.3 Å². The summed E-state index contributed by atoms with van der Waals surface area (Å²) in [6, 6.07) is 18.5. The molecule has 1 aliphatic rings. The molecule has 1 aromatic heterocycles. The maximum atomic E-state index is 13.1. The highest BCUT2D eigenvalue weighted by molar-refractivity contribution is 7.10. The predicted molar refractivity (Wildman–Crippen MR) is 106 cm³/mol. The Balaban J connectivity index is 1.49. The molecule has 1 aliphatic heterocycles. The first-order chi connectivity index (χ1) is 13.2. The van der Waals surface area contributed by atoms with E-state index in [1.165, 1.54) is 40.3 Å². The van der Waals surface area contributed by atoms with Crippen LogP contribution in [0.15, 0.2) is 66.0 Å². The maximum absolute atomic E-state index is 13.1. The quantitative estimate of drug-likeness (QED) is 0.711. The van der Waals surface area contributed by atoms with Crippen LogP contribution in [0.25, 0.3) is 0 Å². The number of benzene rings is 2. The van der Waals surface area contributed by atoms with Crippen LogP contribution in [0.3, 0.4) is 0 Å². The number of hydrogen-bond donors (Lipinski definition) is 1. The molecule has 1 amide bonds. The second-order valence-electron chi connectivity index (χ2n) is 6.74. The molecule has 4 rings (SSSR count). The second-order valence-corrected chi connectivity index (χ2v) is 7.72. The van der Waals surface area contributed by atoms with Gasteiger partial charge in [-0.25, -0.2) is 4.39 Å². The van der Waals surface area contributed by atoms with Gasteiger partial charge in [0.15, 0.2) is 0 Å². The molecule has 0 aliphatic carbocycles. The number of nitrogens with one attached hydrogen (secondary N) is 1. The van der Waals surface area contributed by atoms with Crippen molar-refractivity contribution >= 4 is 17.2 Å². The van der Waals surface area contributed by atoms with Gasteiger partial charge in [-0.2, -0.15) is 0 Å². The van der Waals surface area contributed by atoms with Gasteiger partial charge in [-0.15, -0.1) is 11.3 Å². The first-order valence-electron chi connectivity index (χ1n) is 9.09. The molecule has 2 heterocycles. The molecule has 27 heavy (non-hydrogen) atoms. The molecule has 0 saturated heterocycles. The number of thiophene rings is 1. The maximum Gasteiger partial charge on any atom is 0.251 e. The molecular formula is C22H21FN2OS. The average molecular weight is 380 g/mol. The predicted octanol–water partition coefficient (Wildman–Crippen LogP) is 4.42. The van der Waals surface area contributed by atoms with Crippen molar-refractivity contribution in [2.75, 3.05) is 13.1 Å². The Kier molecular flexibility index (Phi) is 5.32. The molecule has 3 aromatic rings. The van der Waals surface area contributed by atoms with Gasteiger partial charge in [-0.3, -0.25) is 9.69 Å². The first-order valence-corrected chi connectivity index (χ1v) is 9.96. The summed E-state index contributed by atoms with van der Waals surface area (Å²) in [5, 5.41) is 5.10. The average Bonchev–Trinajstić information content (AvgIpc) is 3.23. The van der Waals surface area contributed by atoms with E-state index in [4.69, 9.17) is 0 Å². The van der Waals surface area contributed by atoms with Crippen LogP contribution in [0, 0.1) is 5.82 Å². The SMILES string of the molecule is O=C(NC[C@@H](c1cccs1)N1CCc2ccccc2C1)c1ccc(F)cc1. The van der Waals surface area contributed by atoms with Gasteiger partial charge in [0.2, 0.25) is 0 Å². The number of rotatable bonds is 5. The van der Waals surface area contributed by atoms with Gasteiger partial charge in [0.05, 0.1) is 6.04 Å². The molecule has 138 valence electrons. The Morgan fingerprint density at radius 2 is 1.85 bits per heavy atom. The molecule has 0 bridgehead atoms. The molecular weight excluding hydrogens is 359 g/mol. The Morgan fingerprint density at radius 3 is 2.59 bits per heavy atom. The van der Waals surface area contributed by atoms with Crippen molar-refractivity contribution in [3.8, 4) is 0 Å². The number of carbonyl (C=O) groups is 1. The minimum atomic E-state index is -0.338. The molecule has 0 radical (unpaired) electrons. The third-order valence-corrected chi connectivity index (χ3v) is 6.01. The van der Waals surface area contributed by atoms with Gasteiger partial charge in [0.1, 0.15) is 5.82 Å². The van der Waals surface area contributed by atoms with Gasteiger partial charge in [-0.1, -0.05) is 30.3 Å². The van der Waals surface area contributed by atoms with E-state index in [0.29, 0.717) is 12.1 Å². The molecule has 0 fully saturated rings. The van der Waals surface area contributed by atoms with Crippen molar-refractivity contribution in [3.63, 3.8) is 0 Å². The number of amides is 1. The van der Waals surface area contributed by atoms with E-state index in [0.717, 1.165) is 19.5 Å². The lowest BCUT2D eigenvalue weighted by atomic mass is 9.98. The molecule has 5 heteroatoms. The van der Waals surface area contributed by atoms with Gasteiger partial charge in [0.25, 0.3) is 5.91 Å². The molecule has 1 N–H and O–H groups in total. The zero-order valence-corrected chi connectivity index (χ0v) is 15.7. The molecule has 3 nitrogen and oxygen atoms in total. The smallest absolute Gasteiger partial charge is 0.251 e. The monoisotopic (exact) mass is 380 g/mol. The van der Waals surface area contributed by atoms with Crippen LogP contribution in [-0.4, -0.2) is 23.9 Å². The van der Waals surface area contributed by atoms with Crippen LogP contribution in [0.1, 0.15) is 32.4 Å². The van der Waals surface area contributed by atoms with Gasteiger partial charge in [-0.05, 0) is 53.3 Å². The van der Waals surface area contributed by atoms with E-state index in [1.807, 2.05) is 6.07 Å². The summed E-state index contributed by atoms with van der Waals surface area (Å²) >= 11 is 1.71. The minimum absolute atomic E-state index is 0.128. The van der Waals surface area contributed by atoms with E-state index < -0.39 is 0 Å². The van der Waals surface area contributed by atoms with Crippen LogP contribution in [0.5, 0.6) is 0 Å². The topological polar surface area (TPSA) is 32.3 Å². The van der Waals surface area contributed by atoms with Crippen LogP contribution < -0.4 is 5.32 Å². The van der Waals surface area contributed by atoms with Crippen molar-refractivity contribution in [1.82, 2.24) is 10.2 Å². The van der Waals surface area contributed by atoms with Crippen molar-refractivity contribution in [1.29, 1.82) is 0 Å². The fourth-order valence-corrected chi connectivity index (χ4v) is 4.43. The Hall–Kier alpha value is -2.50. The van der Waals surface area contributed by atoms with Gasteiger partial charge >= 0.3 is 0 Å². The zero-order valence-electron chi connectivity index (χ0n) is 14.9. The number of halogens is 1. The van der Waals surface area contributed by atoms with E-state index in [-0.39, 0.29) is 17.8 Å². The Bertz CT molecular complexity index is 908. The standard InChI is InChI=1S/C22H21FN2OS/c23-19-9-7-17(8-10-19)22(26)24-14-20(21-6-3-13-27-21)25-12-11-16-4-1-2-5-18(16)15-25/h1-10,13,20H,11-12,14-15H2,(H,24,26)/t20-/m0/s1. The lowest BCUT2D eigenvalue weighted by Crippen LogP contribution is -2.40. The van der Waals surface area contributed by atoms with Crippen LogP contribution in [-0.2, 0) is 13.0 Å². The Labute approximate surface area is 162 Å². The number of carbonyl (C=O) groups excluding carboxylic acids is 1. The van der Waals surface area contributed by atoms with Crippen LogP contribution in [0.2, 0.25) is 0 Å². The number of hydrogen-bond acceptors (Lipinski definition) is 3. The number of fused-ring (bicyclic) bond motifs is 1. The van der Waals surface area contributed by atoms with Crippen molar-refractivity contribution < 1.29 is 9.18 Å². The van der Waals surface area contributed by atoms with Crippen molar-refractivity contribution in [2.24, 2.45) is 0 Å². The van der Waals surface area contributed by atoms with Gasteiger partial charge < -0.3 is 5.32 Å². The molecule has 1 atom stereocenters. The summed E-state index contributed by atoms with van der Waals surface area (Å²) in [5.41, 5.74) is 3.24. The highest BCUT2D eigenvalue weighted by atomic mass is 32.1. The van der Waals surface area contributed by atoms with Crippen molar-refractivity contribution in [3.05, 3.63) is 93.4 Å². The van der Waals surface area contributed by atoms with E-state index in [9.17, 15) is 9.18 Å². The summed E-state index contributed by atoms with van der Waals surface area (Å²) in [6.45, 7) is 2.37. The first kappa shape index (κ1) is 17.9. The van der Waals surface area contributed by atoms with E-state index in [1.54, 1.807) is 11.3 Å². The summed E-state index contributed by atoms with van der Waals surface area (Å²) in [6.07, 6.45) is 1.02. The summed E-state index contributed by atoms with van der Waals surface area (Å²) in [7, 11) is 0. The highest BCUT2D eigenvalue weighted by Gasteiger charge is 2.26. The van der Waals surface area contributed by atoms with Crippen molar-refractivity contribution in [2.45, 2.75) is 19.0 Å². The van der Waals surface area contributed by atoms with E-state index in [2.05, 4.69) is 45.9 Å². The molecule has 2 aromatic carbocycles. The fraction of sp³-hybridized carbons (Fsp3) is 0.227. The number of nitrogens with zero attached hydrogens (tertiary/aromatic N) is 1. The second kappa shape index (κ2) is 8.03. The van der Waals surface area contributed by atoms with Crippen LogP contribution in [0.4, 0.5) is 4.39 Å². The third-order valence-electron chi connectivity index (χ3n) is 5.03. The summed E-state index contributed by atoms with van der Waals surface area (Å²) in [4.78, 5) is 16.1. The largest absolute Gasteiger partial charge is 0.350 e. The van der Waals surface area contributed by atoms with Gasteiger partial charge in [0, 0.05) is 30.1 Å². The molecule has 0 spiro atoms. The zero-order chi connectivity index (χ0) is 18.6. The minimum Gasteiger partial charge on any atom is -0.350 e. The fourth-order valence-electron chi connectivity index (χ4n) is 3.57. The molecule has 0 saturated carbocycles. The summed E-state index contributed by atoms with van der Waals surface area (Å²) in [5.74, 6) is -0.510. The van der Waals surface area contributed by atoms with E-state index >= 15 is 0 Å². The lowest BCUT2D eigenvalue weighted by molar-refractivity contribution is 0.0928. The lowest BCUT2D eigenvalue weighted by Gasteiger charge is -2.35. The molecule has 0 unspecified atom stereocenters.